The minimum Gasteiger partial charge on any atom is -0.477 e. The molecule has 0 bridgehead atoms. The summed E-state index contributed by atoms with van der Waals surface area (Å²) < 4.78 is 26.2. The van der Waals surface area contributed by atoms with E-state index in [-0.39, 0.29) is 27.9 Å². The van der Waals surface area contributed by atoms with Crippen molar-refractivity contribution in [3.63, 3.8) is 0 Å². The van der Waals surface area contributed by atoms with Crippen molar-refractivity contribution in [2.24, 2.45) is 0 Å². The Morgan fingerprint density at radius 1 is 1.16 bits per heavy atom. The quantitative estimate of drug-likeness (QED) is 0.907. The van der Waals surface area contributed by atoms with Crippen LogP contribution in [0.1, 0.15) is 9.67 Å². The van der Waals surface area contributed by atoms with E-state index < -0.39 is 16.0 Å². The molecule has 2 rings (SSSR count). The maximum atomic E-state index is 12.0. The molecule has 1 aromatic carbocycles. The molecule has 19 heavy (non-hydrogen) atoms. The van der Waals surface area contributed by atoms with Gasteiger partial charge in [0.25, 0.3) is 10.0 Å². The zero-order valence-electron chi connectivity index (χ0n) is 9.44. The number of hydrogen-bond donors (Lipinski definition) is 2. The first kappa shape index (κ1) is 15.5. The van der Waals surface area contributed by atoms with Crippen LogP contribution in [0, 0.1) is 0 Å². The number of nitrogens with one attached hydrogen (secondary N) is 1. The molecular formula is C11H10ClNO4S2. The van der Waals surface area contributed by atoms with E-state index in [9.17, 15) is 13.2 Å². The average molecular weight is 320 g/mol. The third-order valence-corrected chi connectivity index (χ3v) is 4.44. The van der Waals surface area contributed by atoms with Crippen molar-refractivity contribution in [1.82, 2.24) is 0 Å². The maximum Gasteiger partial charge on any atom is 0.348 e. The van der Waals surface area contributed by atoms with Crippen LogP contribution >= 0.6 is 23.7 Å². The maximum absolute atomic E-state index is 12.0. The number of thiophene rings is 1. The van der Waals surface area contributed by atoms with Crippen molar-refractivity contribution in [3.8, 4) is 0 Å². The molecule has 0 fully saturated rings. The van der Waals surface area contributed by atoms with E-state index in [1.54, 1.807) is 18.2 Å². The Bertz CT molecular complexity index is 667. The van der Waals surface area contributed by atoms with Crippen LogP contribution in [-0.4, -0.2) is 19.5 Å². The molecule has 102 valence electrons. The molecule has 0 aliphatic heterocycles. The predicted octanol–water partition coefficient (Wildman–Crippen LogP) is 2.67. The molecule has 1 aromatic heterocycles. The van der Waals surface area contributed by atoms with Gasteiger partial charge in [-0.2, -0.15) is 0 Å². The fraction of sp³-hybridized carbons (Fsp3) is 0. The lowest BCUT2D eigenvalue weighted by Crippen LogP contribution is -2.14. The largest absolute Gasteiger partial charge is 0.477 e. The van der Waals surface area contributed by atoms with Crippen molar-refractivity contribution in [1.29, 1.82) is 0 Å². The number of carbonyl (C=O) groups is 1. The molecule has 0 spiro atoms. The first-order valence-corrected chi connectivity index (χ1v) is 7.25. The molecule has 0 unspecified atom stereocenters. The Hall–Kier alpha value is -1.57. The minimum absolute atomic E-state index is 0. The third kappa shape index (κ3) is 3.46. The first-order chi connectivity index (χ1) is 8.50. The molecule has 0 amide bonds. The smallest absolute Gasteiger partial charge is 0.348 e. The Balaban J connectivity index is 0.00000180. The normalized spacial score (nSPS) is 10.5. The summed E-state index contributed by atoms with van der Waals surface area (Å²) in [4.78, 5) is 10.9. The van der Waals surface area contributed by atoms with E-state index in [1.807, 2.05) is 0 Å². The lowest BCUT2D eigenvalue weighted by atomic mass is 10.4. The van der Waals surface area contributed by atoms with Gasteiger partial charge in [0.15, 0.2) is 0 Å². The van der Waals surface area contributed by atoms with Crippen LogP contribution < -0.4 is 4.72 Å². The van der Waals surface area contributed by atoms with Gasteiger partial charge in [-0.15, -0.1) is 23.7 Å². The zero-order chi connectivity index (χ0) is 13.2. The Kier molecular flexibility index (Phi) is 4.93. The van der Waals surface area contributed by atoms with Gasteiger partial charge in [0.05, 0.1) is 10.6 Å². The lowest BCUT2D eigenvalue weighted by Gasteiger charge is -2.07. The highest BCUT2D eigenvalue weighted by atomic mass is 35.5. The number of aromatic carboxylic acids is 1. The van der Waals surface area contributed by atoms with Crippen molar-refractivity contribution in [3.05, 3.63) is 46.7 Å². The summed E-state index contributed by atoms with van der Waals surface area (Å²) >= 11 is 0.967. The number of halogens is 1. The Morgan fingerprint density at radius 3 is 2.37 bits per heavy atom. The van der Waals surface area contributed by atoms with E-state index in [0.29, 0.717) is 0 Å². The summed E-state index contributed by atoms with van der Waals surface area (Å²) in [6.45, 7) is 0. The molecular weight excluding hydrogens is 310 g/mol. The minimum atomic E-state index is -3.75. The molecule has 0 atom stereocenters. The molecule has 0 saturated carbocycles. The zero-order valence-corrected chi connectivity index (χ0v) is 11.9. The van der Waals surface area contributed by atoms with Gasteiger partial charge in [0.2, 0.25) is 0 Å². The highest BCUT2D eigenvalue weighted by molar-refractivity contribution is 7.92. The highest BCUT2D eigenvalue weighted by Gasteiger charge is 2.18. The summed E-state index contributed by atoms with van der Waals surface area (Å²) in [6, 6.07) is 9.20. The number of carboxylic acids is 1. The van der Waals surface area contributed by atoms with E-state index in [4.69, 9.17) is 5.11 Å². The summed E-state index contributed by atoms with van der Waals surface area (Å²) in [7, 11) is -3.75. The molecule has 0 radical (unpaired) electrons. The van der Waals surface area contributed by atoms with E-state index >= 15 is 0 Å². The highest BCUT2D eigenvalue weighted by Crippen LogP contribution is 2.24. The van der Waals surface area contributed by atoms with Crippen LogP contribution in [0.2, 0.25) is 0 Å². The second-order valence-electron chi connectivity index (χ2n) is 3.39. The van der Waals surface area contributed by atoms with Gasteiger partial charge >= 0.3 is 5.97 Å². The van der Waals surface area contributed by atoms with Gasteiger partial charge in [0, 0.05) is 0 Å². The number of benzene rings is 1. The summed E-state index contributed by atoms with van der Waals surface area (Å²) in [5.74, 6) is -1.16. The van der Waals surface area contributed by atoms with Crippen LogP contribution in [0.5, 0.6) is 0 Å². The van der Waals surface area contributed by atoms with Crippen LogP contribution in [0.25, 0.3) is 0 Å². The number of anilines is 1. The van der Waals surface area contributed by atoms with E-state index in [2.05, 4.69) is 4.72 Å². The number of carboxylic acid groups (broad SMARTS) is 1. The molecule has 0 aliphatic rings. The molecule has 2 N–H and O–H groups in total. The Morgan fingerprint density at radius 2 is 1.79 bits per heavy atom. The van der Waals surface area contributed by atoms with Crippen LogP contribution in [0.4, 0.5) is 5.69 Å². The second-order valence-corrected chi connectivity index (χ2v) is 5.99. The second kappa shape index (κ2) is 6.05. The van der Waals surface area contributed by atoms with Gasteiger partial charge in [-0.1, -0.05) is 18.2 Å². The van der Waals surface area contributed by atoms with Crippen LogP contribution in [0.3, 0.4) is 0 Å². The summed E-state index contributed by atoms with van der Waals surface area (Å²) in [5.41, 5.74) is 0.0800. The van der Waals surface area contributed by atoms with E-state index in [1.165, 1.54) is 23.6 Å². The van der Waals surface area contributed by atoms with Crippen molar-refractivity contribution in [2.45, 2.75) is 4.90 Å². The van der Waals surface area contributed by atoms with Crippen molar-refractivity contribution >= 4 is 45.4 Å². The Labute approximate surface area is 120 Å². The van der Waals surface area contributed by atoms with Gasteiger partial charge < -0.3 is 5.11 Å². The predicted molar refractivity (Wildman–Crippen MR) is 75.8 cm³/mol. The fourth-order valence-corrected chi connectivity index (χ4v) is 3.20. The molecule has 0 saturated heterocycles. The summed E-state index contributed by atoms with van der Waals surface area (Å²) in [6.07, 6.45) is 0. The lowest BCUT2D eigenvalue weighted by molar-refractivity contribution is 0.0703. The molecule has 5 nitrogen and oxygen atoms in total. The molecule has 1 heterocycles. The molecule has 8 heteroatoms. The topological polar surface area (TPSA) is 83.5 Å². The van der Waals surface area contributed by atoms with Gasteiger partial charge in [-0.05, 0) is 23.6 Å². The SMILES string of the molecule is Cl.O=C(O)c1sccc1NS(=O)(=O)c1ccccc1. The third-order valence-electron chi connectivity index (χ3n) is 2.16. The van der Waals surface area contributed by atoms with Crippen molar-refractivity contribution < 1.29 is 18.3 Å². The van der Waals surface area contributed by atoms with Crippen LogP contribution in [0.15, 0.2) is 46.7 Å². The van der Waals surface area contributed by atoms with Gasteiger partial charge in [-0.25, -0.2) is 13.2 Å². The number of rotatable bonds is 4. The van der Waals surface area contributed by atoms with E-state index in [0.717, 1.165) is 11.3 Å². The average Bonchev–Trinajstić information content (AvgIpc) is 2.78. The molecule has 2 aromatic rings. The first-order valence-electron chi connectivity index (χ1n) is 4.89. The summed E-state index contributed by atoms with van der Waals surface area (Å²) in [5, 5.41) is 10.4. The fourth-order valence-electron chi connectivity index (χ4n) is 1.36. The van der Waals surface area contributed by atoms with Gasteiger partial charge in [-0.3, -0.25) is 4.72 Å². The standard InChI is InChI=1S/C11H9NO4S2.ClH/c13-11(14)10-9(6-7-17-10)12-18(15,16)8-4-2-1-3-5-8;/h1-7,12H,(H,13,14);1H. The molecule has 0 aliphatic carbocycles. The van der Waals surface area contributed by atoms with Gasteiger partial charge in [0.1, 0.15) is 4.88 Å². The monoisotopic (exact) mass is 319 g/mol. The van der Waals surface area contributed by atoms with Crippen molar-refractivity contribution in [2.75, 3.05) is 4.72 Å². The van der Waals surface area contributed by atoms with Crippen LogP contribution in [-0.2, 0) is 10.0 Å². The number of hydrogen-bond acceptors (Lipinski definition) is 4. The number of sulfonamides is 1.